The number of rotatable bonds is 9. The lowest BCUT2D eigenvalue weighted by molar-refractivity contribution is 0.101. The van der Waals surface area contributed by atoms with E-state index in [4.69, 9.17) is 4.99 Å². The lowest BCUT2D eigenvalue weighted by atomic mass is 10.0. The van der Waals surface area contributed by atoms with Crippen molar-refractivity contribution in [3.8, 4) is 0 Å². The molecule has 0 atom stereocenters. The van der Waals surface area contributed by atoms with Gasteiger partial charge in [0.15, 0.2) is 5.78 Å². The zero-order valence-corrected chi connectivity index (χ0v) is 24.2. The molecule has 0 unspecified atom stereocenters. The van der Waals surface area contributed by atoms with Crippen LogP contribution in [0.5, 0.6) is 0 Å². The molecular weight excluding hydrogens is 504 g/mol. The van der Waals surface area contributed by atoms with Gasteiger partial charge in [0.05, 0.1) is 17.6 Å². The molecule has 3 aliphatic rings. The van der Waals surface area contributed by atoms with Crippen LogP contribution in [0.1, 0.15) is 67.4 Å². The summed E-state index contributed by atoms with van der Waals surface area (Å²) in [5.41, 5.74) is 1.67. The second-order valence-electron chi connectivity index (χ2n) is 11.2. The molecule has 2 aromatic heterocycles. The van der Waals surface area contributed by atoms with Crippen molar-refractivity contribution in [2.45, 2.75) is 64.5 Å². The Morgan fingerprint density at radius 3 is 2.52 bits per heavy atom. The maximum absolute atomic E-state index is 13.5. The molecule has 10 heteroatoms. The van der Waals surface area contributed by atoms with Crippen molar-refractivity contribution in [2.75, 3.05) is 58.2 Å². The van der Waals surface area contributed by atoms with Gasteiger partial charge in [-0.25, -0.2) is 9.98 Å². The van der Waals surface area contributed by atoms with Crippen molar-refractivity contribution in [1.82, 2.24) is 30.0 Å². The van der Waals surface area contributed by atoms with E-state index >= 15 is 0 Å². The summed E-state index contributed by atoms with van der Waals surface area (Å²) >= 11 is 0. The van der Waals surface area contributed by atoms with Crippen LogP contribution in [0.2, 0.25) is 0 Å². The van der Waals surface area contributed by atoms with Crippen molar-refractivity contribution >= 4 is 28.7 Å². The second kappa shape index (κ2) is 13.0. The van der Waals surface area contributed by atoms with Crippen molar-refractivity contribution in [2.24, 2.45) is 4.99 Å². The molecule has 10 nitrogen and oxygen atoms in total. The van der Waals surface area contributed by atoms with Crippen LogP contribution in [-0.4, -0.2) is 90.3 Å². The van der Waals surface area contributed by atoms with E-state index in [-0.39, 0.29) is 22.9 Å². The predicted octanol–water partition coefficient (Wildman–Crippen LogP) is 2.89. The molecule has 2 aromatic rings. The molecule has 5 rings (SSSR count). The number of hydrogen-bond donors (Lipinski definition) is 3. The Morgan fingerprint density at radius 1 is 1.12 bits per heavy atom. The number of ketones is 1. The van der Waals surface area contributed by atoms with Crippen LogP contribution in [0.3, 0.4) is 0 Å². The maximum atomic E-state index is 13.5. The topological polar surface area (TPSA) is 107 Å². The normalized spacial score (nSPS) is 20.1. The monoisotopic (exact) mass is 548 g/mol. The van der Waals surface area contributed by atoms with Crippen molar-refractivity contribution in [3.05, 3.63) is 45.8 Å². The summed E-state index contributed by atoms with van der Waals surface area (Å²) in [4.78, 5) is 40.2. The van der Waals surface area contributed by atoms with E-state index in [0.29, 0.717) is 24.0 Å². The number of likely N-dealkylation sites (tertiary alicyclic amines) is 1. The van der Waals surface area contributed by atoms with Gasteiger partial charge in [-0.05, 0) is 45.1 Å². The first-order valence-electron chi connectivity index (χ1n) is 14.9. The molecule has 4 heterocycles. The first kappa shape index (κ1) is 28.3. The molecule has 0 spiro atoms. The minimum atomic E-state index is -0.187. The van der Waals surface area contributed by atoms with Crippen LogP contribution in [0, 0.1) is 6.92 Å². The fourth-order valence-electron chi connectivity index (χ4n) is 6.63. The van der Waals surface area contributed by atoms with Crippen LogP contribution in [0.25, 0.3) is 10.9 Å². The van der Waals surface area contributed by atoms with Crippen LogP contribution in [0.4, 0.5) is 5.82 Å². The SMILES string of the molecule is CN/C=C(\N=C/CNc1cc2c(cn1)c(C)c(C(C)=O)c(=O)n2C1CCCC1)N1CCC(N2CCNCC2)CC1. The van der Waals surface area contributed by atoms with Crippen molar-refractivity contribution < 1.29 is 4.79 Å². The minimum Gasteiger partial charge on any atom is -0.391 e. The third kappa shape index (κ3) is 6.07. The van der Waals surface area contributed by atoms with Gasteiger partial charge in [0.2, 0.25) is 0 Å². The summed E-state index contributed by atoms with van der Waals surface area (Å²) in [6, 6.07) is 2.73. The van der Waals surface area contributed by atoms with E-state index in [1.807, 2.05) is 37.0 Å². The number of aromatic nitrogens is 2. The number of pyridine rings is 2. The summed E-state index contributed by atoms with van der Waals surface area (Å²) in [7, 11) is 1.91. The number of piperazine rings is 1. The molecule has 0 aromatic carbocycles. The lowest BCUT2D eigenvalue weighted by Crippen LogP contribution is -2.51. The number of Topliss-reactive ketones (excluding diaryl/α,β-unsaturated/α-hetero) is 1. The largest absolute Gasteiger partial charge is 0.391 e. The van der Waals surface area contributed by atoms with E-state index in [0.717, 1.165) is 94.5 Å². The standard InChI is InChI=1S/C30H44N8O2/c1-21-25-19-35-27(18-26(25)38(24-6-4-5-7-24)30(40)29(21)22(2)39)33-10-11-34-28(20-31-3)37-14-8-23(9-15-37)36-16-12-32-13-17-36/h11,18-20,23-24,31-32H,4-10,12-17H2,1-3H3,(H,33,35)/b28-20+,34-11-. The summed E-state index contributed by atoms with van der Waals surface area (Å²) in [5.74, 6) is 1.45. The van der Waals surface area contributed by atoms with Gasteiger partial charge in [0.1, 0.15) is 11.6 Å². The number of hydrogen-bond acceptors (Lipinski definition) is 9. The molecular formula is C30H44N8O2. The number of fused-ring (bicyclic) bond motifs is 1. The van der Waals surface area contributed by atoms with Gasteiger partial charge in [-0.3, -0.25) is 14.5 Å². The lowest BCUT2D eigenvalue weighted by Gasteiger charge is -2.41. The predicted molar refractivity (Wildman–Crippen MR) is 161 cm³/mol. The Balaban J connectivity index is 1.27. The van der Waals surface area contributed by atoms with Crippen LogP contribution in [0.15, 0.2) is 34.1 Å². The molecule has 0 radical (unpaired) electrons. The van der Waals surface area contributed by atoms with E-state index in [1.165, 1.54) is 6.92 Å². The zero-order chi connectivity index (χ0) is 28.1. The quantitative estimate of drug-likeness (QED) is 0.325. The van der Waals surface area contributed by atoms with Gasteiger partial charge in [-0.1, -0.05) is 12.8 Å². The average molecular weight is 549 g/mol. The molecule has 1 saturated carbocycles. The molecule has 2 aliphatic heterocycles. The summed E-state index contributed by atoms with van der Waals surface area (Å²) in [5, 5.41) is 10.8. The van der Waals surface area contributed by atoms with Crippen LogP contribution in [-0.2, 0) is 0 Å². The van der Waals surface area contributed by atoms with Gasteiger partial charge < -0.3 is 25.4 Å². The number of carbonyl (C=O) groups is 1. The Labute approximate surface area is 236 Å². The molecule has 3 N–H and O–H groups in total. The Bertz CT molecular complexity index is 1310. The number of carbonyl (C=O) groups excluding carboxylic acids is 1. The number of nitrogens with one attached hydrogen (secondary N) is 3. The number of piperidine rings is 1. The Kier molecular flexibility index (Phi) is 9.16. The summed E-state index contributed by atoms with van der Waals surface area (Å²) in [6.45, 7) is 10.3. The molecule has 3 fully saturated rings. The van der Waals surface area contributed by atoms with Gasteiger partial charge in [0, 0.05) is 88.5 Å². The third-order valence-electron chi connectivity index (χ3n) is 8.72. The van der Waals surface area contributed by atoms with E-state index < -0.39 is 0 Å². The molecule has 0 amide bonds. The maximum Gasteiger partial charge on any atom is 0.262 e. The van der Waals surface area contributed by atoms with Gasteiger partial charge in [-0.15, -0.1) is 0 Å². The first-order chi connectivity index (χ1) is 19.5. The molecule has 40 heavy (non-hydrogen) atoms. The minimum absolute atomic E-state index is 0.121. The van der Waals surface area contributed by atoms with Gasteiger partial charge in [0.25, 0.3) is 5.56 Å². The van der Waals surface area contributed by atoms with Crippen molar-refractivity contribution in [1.29, 1.82) is 0 Å². The number of aliphatic imine (C=N–C) groups is 1. The number of anilines is 1. The molecule has 1 aliphatic carbocycles. The van der Waals surface area contributed by atoms with Gasteiger partial charge >= 0.3 is 0 Å². The van der Waals surface area contributed by atoms with Gasteiger partial charge in [-0.2, -0.15) is 0 Å². The highest BCUT2D eigenvalue weighted by Crippen LogP contribution is 2.32. The van der Waals surface area contributed by atoms with Crippen LogP contribution < -0.4 is 21.5 Å². The Morgan fingerprint density at radius 2 is 1.85 bits per heavy atom. The third-order valence-corrected chi connectivity index (χ3v) is 8.72. The highest BCUT2D eigenvalue weighted by atomic mass is 16.1. The number of aryl methyl sites for hydroxylation is 1. The molecule has 2 saturated heterocycles. The Hall–Kier alpha value is -3.24. The summed E-state index contributed by atoms with van der Waals surface area (Å²) < 4.78 is 1.85. The fraction of sp³-hybridized carbons (Fsp3) is 0.600. The van der Waals surface area contributed by atoms with E-state index in [2.05, 4.69) is 30.7 Å². The van der Waals surface area contributed by atoms with E-state index in [9.17, 15) is 9.59 Å². The van der Waals surface area contributed by atoms with Crippen LogP contribution >= 0.6 is 0 Å². The van der Waals surface area contributed by atoms with E-state index in [1.54, 1.807) is 6.20 Å². The fourth-order valence-corrected chi connectivity index (χ4v) is 6.63. The highest BCUT2D eigenvalue weighted by molar-refractivity contribution is 6.00. The average Bonchev–Trinajstić information content (AvgIpc) is 3.49. The second-order valence-corrected chi connectivity index (χ2v) is 11.2. The summed E-state index contributed by atoms with van der Waals surface area (Å²) in [6.07, 6.45) is 12.1. The highest BCUT2D eigenvalue weighted by Gasteiger charge is 2.27. The smallest absolute Gasteiger partial charge is 0.262 e. The number of nitrogens with zero attached hydrogens (tertiary/aromatic N) is 5. The molecule has 216 valence electrons. The molecule has 0 bridgehead atoms. The first-order valence-corrected chi connectivity index (χ1v) is 14.9. The van der Waals surface area contributed by atoms with Crippen molar-refractivity contribution in [3.63, 3.8) is 0 Å². The zero-order valence-electron chi connectivity index (χ0n) is 24.2.